The number of halogens is 2. The molecule has 0 aliphatic heterocycles. The van der Waals surface area contributed by atoms with Crippen LogP contribution >= 0.6 is 11.6 Å². The molecule has 138 valence electrons. The lowest BCUT2D eigenvalue weighted by molar-refractivity contribution is -0.121. The van der Waals surface area contributed by atoms with Gasteiger partial charge in [-0.1, -0.05) is 23.7 Å². The molecule has 0 aliphatic carbocycles. The minimum atomic E-state index is -0.445. The number of nitrogens with one attached hydrogen (secondary N) is 2. The fourth-order valence-corrected chi connectivity index (χ4v) is 2.54. The molecular formula is C20H16ClFN2O3. The Bertz CT molecular complexity index is 954. The molecule has 3 rings (SSSR count). The van der Waals surface area contributed by atoms with Gasteiger partial charge in [0.15, 0.2) is 0 Å². The van der Waals surface area contributed by atoms with Gasteiger partial charge in [0, 0.05) is 23.4 Å². The maximum Gasteiger partial charge on any atom is 0.269 e. The van der Waals surface area contributed by atoms with E-state index in [1.807, 2.05) is 0 Å². The van der Waals surface area contributed by atoms with Gasteiger partial charge in [0.2, 0.25) is 5.91 Å². The van der Waals surface area contributed by atoms with Crippen molar-refractivity contribution in [2.45, 2.75) is 12.8 Å². The SMILES string of the molecule is O=C(CCc1ccc(-c2ccccc2F)o1)NNC(=O)c1ccc(Cl)cc1. The topological polar surface area (TPSA) is 71.3 Å². The predicted molar refractivity (Wildman–Crippen MR) is 99.5 cm³/mol. The minimum absolute atomic E-state index is 0.102. The summed E-state index contributed by atoms with van der Waals surface area (Å²) >= 11 is 5.76. The zero-order valence-electron chi connectivity index (χ0n) is 14.2. The van der Waals surface area contributed by atoms with Gasteiger partial charge < -0.3 is 4.42 Å². The van der Waals surface area contributed by atoms with Crippen LogP contribution in [0, 0.1) is 5.82 Å². The molecule has 7 heteroatoms. The van der Waals surface area contributed by atoms with Crippen LogP contribution in [0.2, 0.25) is 5.02 Å². The van der Waals surface area contributed by atoms with Gasteiger partial charge in [-0.15, -0.1) is 0 Å². The molecular weight excluding hydrogens is 371 g/mol. The van der Waals surface area contributed by atoms with Crippen molar-refractivity contribution >= 4 is 23.4 Å². The van der Waals surface area contributed by atoms with E-state index in [1.54, 1.807) is 54.6 Å². The van der Waals surface area contributed by atoms with Gasteiger partial charge in [-0.25, -0.2) is 4.39 Å². The lowest BCUT2D eigenvalue weighted by Gasteiger charge is -2.07. The zero-order valence-corrected chi connectivity index (χ0v) is 14.9. The summed E-state index contributed by atoms with van der Waals surface area (Å²) in [5.41, 5.74) is 5.41. The van der Waals surface area contributed by atoms with E-state index >= 15 is 0 Å². The molecule has 0 aliphatic rings. The molecule has 0 spiro atoms. The predicted octanol–water partition coefficient (Wildman–Crippen LogP) is 4.13. The number of benzene rings is 2. The van der Waals surface area contributed by atoms with Crippen molar-refractivity contribution in [2.24, 2.45) is 0 Å². The third kappa shape index (κ3) is 4.95. The Morgan fingerprint density at radius 2 is 1.70 bits per heavy atom. The molecule has 0 bridgehead atoms. The van der Waals surface area contributed by atoms with Gasteiger partial charge >= 0.3 is 0 Å². The van der Waals surface area contributed by atoms with Crippen molar-refractivity contribution in [3.63, 3.8) is 0 Å². The lowest BCUT2D eigenvalue weighted by Crippen LogP contribution is -2.41. The average Bonchev–Trinajstić information content (AvgIpc) is 3.14. The second-order valence-corrected chi connectivity index (χ2v) is 6.19. The smallest absolute Gasteiger partial charge is 0.269 e. The maximum absolute atomic E-state index is 13.8. The summed E-state index contributed by atoms with van der Waals surface area (Å²) in [6, 6.07) is 15.9. The number of rotatable bonds is 5. The number of hydrogen-bond donors (Lipinski definition) is 2. The van der Waals surface area contributed by atoms with Crippen LogP contribution in [-0.4, -0.2) is 11.8 Å². The fourth-order valence-electron chi connectivity index (χ4n) is 2.42. The van der Waals surface area contributed by atoms with E-state index in [9.17, 15) is 14.0 Å². The van der Waals surface area contributed by atoms with E-state index in [1.165, 1.54) is 6.07 Å². The Balaban J connectivity index is 1.49. The highest BCUT2D eigenvalue weighted by molar-refractivity contribution is 6.30. The van der Waals surface area contributed by atoms with E-state index in [2.05, 4.69) is 10.9 Å². The standard InChI is InChI=1S/C20H16ClFN2O3/c21-14-7-5-13(6-8-14)20(26)24-23-19(25)12-10-15-9-11-18(27-15)16-3-1-2-4-17(16)22/h1-9,11H,10,12H2,(H,23,25)(H,24,26). The highest BCUT2D eigenvalue weighted by Gasteiger charge is 2.11. The molecule has 27 heavy (non-hydrogen) atoms. The molecule has 2 aromatic carbocycles. The molecule has 2 amide bonds. The van der Waals surface area contributed by atoms with Gasteiger partial charge in [0.1, 0.15) is 17.3 Å². The van der Waals surface area contributed by atoms with Crippen LogP contribution in [0.1, 0.15) is 22.5 Å². The molecule has 0 fully saturated rings. The van der Waals surface area contributed by atoms with Gasteiger partial charge in [-0.2, -0.15) is 0 Å². The number of hydrogen-bond acceptors (Lipinski definition) is 3. The number of amides is 2. The van der Waals surface area contributed by atoms with Crippen molar-refractivity contribution in [2.75, 3.05) is 0 Å². The van der Waals surface area contributed by atoms with Crippen LogP contribution in [0.5, 0.6) is 0 Å². The Morgan fingerprint density at radius 3 is 2.44 bits per heavy atom. The molecule has 1 heterocycles. The summed E-state index contributed by atoms with van der Waals surface area (Å²) < 4.78 is 19.4. The molecule has 0 saturated carbocycles. The second kappa shape index (κ2) is 8.51. The quantitative estimate of drug-likeness (QED) is 0.647. The molecule has 3 aromatic rings. The summed E-state index contributed by atoms with van der Waals surface area (Å²) in [4.78, 5) is 23.8. The van der Waals surface area contributed by atoms with Crippen LogP contribution in [-0.2, 0) is 11.2 Å². The largest absolute Gasteiger partial charge is 0.461 e. The van der Waals surface area contributed by atoms with E-state index in [0.29, 0.717) is 34.1 Å². The van der Waals surface area contributed by atoms with Gasteiger partial charge in [-0.3, -0.25) is 20.4 Å². The molecule has 0 unspecified atom stereocenters. The number of carbonyl (C=O) groups excluding carboxylic acids is 2. The summed E-state index contributed by atoms with van der Waals surface area (Å²) in [5, 5.41) is 0.517. The second-order valence-electron chi connectivity index (χ2n) is 5.75. The molecule has 5 nitrogen and oxygen atoms in total. The van der Waals surface area contributed by atoms with E-state index in [0.717, 1.165) is 0 Å². The average molecular weight is 387 g/mol. The lowest BCUT2D eigenvalue weighted by atomic mass is 10.1. The molecule has 1 aromatic heterocycles. The van der Waals surface area contributed by atoms with Gasteiger partial charge in [0.05, 0.1) is 5.56 Å². The van der Waals surface area contributed by atoms with E-state index in [4.69, 9.17) is 16.0 Å². The maximum atomic E-state index is 13.8. The highest BCUT2D eigenvalue weighted by Crippen LogP contribution is 2.25. The third-order valence-corrected chi connectivity index (χ3v) is 4.07. The first-order valence-electron chi connectivity index (χ1n) is 8.21. The number of hydrazine groups is 1. The van der Waals surface area contributed by atoms with Crippen LogP contribution in [0.15, 0.2) is 65.1 Å². The Hall–Kier alpha value is -3.12. The first kappa shape index (κ1) is 18.7. The van der Waals surface area contributed by atoms with Crippen molar-refractivity contribution in [3.8, 4) is 11.3 Å². The molecule has 0 atom stereocenters. The van der Waals surface area contributed by atoms with Crippen LogP contribution in [0.4, 0.5) is 4.39 Å². The van der Waals surface area contributed by atoms with Crippen LogP contribution in [0.3, 0.4) is 0 Å². The van der Waals surface area contributed by atoms with Gasteiger partial charge in [0.25, 0.3) is 5.91 Å². The van der Waals surface area contributed by atoms with Crippen molar-refractivity contribution in [1.29, 1.82) is 0 Å². The zero-order chi connectivity index (χ0) is 19.2. The third-order valence-electron chi connectivity index (χ3n) is 3.82. The summed E-state index contributed by atoms with van der Waals surface area (Å²) in [5.74, 6) is -0.242. The van der Waals surface area contributed by atoms with Crippen molar-refractivity contribution in [3.05, 3.63) is 82.8 Å². The Morgan fingerprint density at radius 1 is 0.963 bits per heavy atom. The van der Waals surface area contributed by atoms with Crippen LogP contribution < -0.4 is 10.9 Å². The monoisotopic (exact) mass is 386 g/mol. The first-order chi connectivity index (χ1) is 13.0. The fraction of sp³-hybridized carbons (Fsp3) is 0.100. The summed E-state index contributed by atoms with van der Waals surface area (Å²) in [7, 11) is 0. The van der Waals surface area contributed by atoms with E-state index < -0.39 is 5.91 Å². The highest BCUT2D eigenvalue weighted by atomic mass is 35.5. The van der Waals surface area contributed by atoms with Gasteiger partial charge in [-0.05, 0) is 48.5 Å². The molecule has 0 radical (unpaired) electrons. The molecule has 2 N–H and O–H groups in total. The summed E-state index contributed by atoms with van der Waals surface area (Å²) in [6.07, 6.45) is 0.419. The number of carbonyl (C=O) groups is 2. The Labute approximate surface area is 160 Å². The van der Waals surface area contributed by atoms with Crippen LogP contribution in [0.25, 0.3) is 11.3 Å². The summed E-state index contributed by atoms with van der Waals surface area (Å²) in [6.45, 7) is 0. The van der Waals surface area contributed by atoms with E-state index in [-0.39, 0.29) is 18.1 Å². The first-order valence-corrected chi connectivity index (χ1v) is 8.59. The van der Waals surface area contributed by atoms with Crippen molar-refractivity contribution < 1.29 is 18.4 Å². The van der Waals surface area contributed by atoms with Crippen molar-refractivity contribution in [1.82, 2.24) is 10.9 Å². The minimum Gasteiger partial charge on any atom is -0.461 e. The Kier molecular flexibility index (Phi) is 5.88. The normalized spacial score (nSPS) is 10.4. The number of furan rings is 1. The number of aryl methyl sites for hydroxylation is 1. The molecule has 0 saturated heterocycles.